The number of amides is 2. The van der Waals surface area contributed by atoms with Crippen LogP contribution in [0.1, 0.15) is 49.9 Å². The van der Waals surface area contributed by atoms with Crippen molar-refractivity contribution in [3.63, 3.8) is 0 Å². The van der Waals surface area contributed by atoms with Crippen molar-refractivity contribution in [2.45, 2.75) is 39.7 Å². The molecule has 0 N–H and O–H groups in total. The Bertz CT molecular complexity index is 879. The third kappa shape index (κ3) is 5.02. The number of nitrogens with zero attached hydrogens (tertiary/aromatic N) is 2. The van der Waals surface area contributed by atoms with E-state index in [1.54, 1.807) is 11.9 Å². The molecule has 1 heterocycles. The Morgan fingerprint density at radius 3 is 2.57 bits per heavy atom. The molecule has 0 aromatic heterocycles. The van der Waals surface area contributed by atoms with Crippen molar-refractivity contribution >= 4 is 11.8 Å². The molecule has 1 atom stereocenters. The Hall–Kier alpha value is -2.82. The molecule has 0 radical (unpaired) electrons. The number of ether oxygens (including phenoxy) is 1. The van der Waals surface area contributed by atoms with Gasteiger partial charge in [0.15, 0.2) is 6.61 Å². The standard InChI is InChI=1S/C25H32N2O3/c1-5-26(4)24(29)17-30-21-12-11-19-13-14-27(23(28)15-18(2)3)25(22(19)16-21)20-9-7-6-8-10-20/h6-12,16,18,25H,5,13-15,17H2,1-4H3. The van der Waals surface area contributed by atoms with Gasteiger partial charge in [0.05, 0.1) is 6.04 Å². The largest absolute Gasteiger partial charge is 0.484 e. The summed E-state index contributed by atoms with van der Waals surface area (Å²) in [7, 11) is 1.77. The highest BCUT2D eigenvalue weighted by Gasteiger charge is 2.32. The SMILES string of the molecule is CCN(C)C(=O)COc1ccc2c(c1)C(c1ccccc1)N(C(=O)CC(C)C)CC2. The molecule has 0 saturated carbocycles. The van der Waals surface area contributed by atoms with E-state index in [0.717, 1.165) is 17.5 Å². The molecule has 160 valence electrons. The summed E-state index contributed by atoms with van der Waals surface area (Å²) >= 11 is 0. The van der Waals surface area contributed by atoms with Gasteiger partial charge in [-0.1, -0.05) is 50.2 Å². The predicted molar refractivity (Wildman–Crippen MR) is 118 cm³/mol. The summed E-state index contributed by atoms with van der Waals surface area (Å²) in [5.74, 6) is 1.09. The second-order valence-corrected chi connectivity index (χ2v) is 8.31. The van der Waals surface area contributed by atoms with Gasteiger partial charge in [-0.15, -0.1) is 0 Å². The summed E-state index contributed by atoms with van der Waals surface area (Å²) in [6.45, 7) is 7.44. The smallest absolute Gasteiger partial charge is 0.260 e. The normalized spacial score (nSPS) is 15.6. The Balaban J connectivity index is 1.92. The van der Waals surface area contributed by atoms with Gasteiger partial charge in [-0.05, 0) is 48.1 Å². The van der Waals surface area contributed by atoms with E-state index >= 15 is 0 Å². The van der Waals surface area contributed by atoms with Crippen molar-refractivity contribution < 1.29 is 14.3 Å². The van der Waals surface area contributed by atoms with Crippen molar-refractivity contribution in [2.24, 2.45) is 5.92 Å². The lowest BCUT2D eigenvalue weighted by molar-refractivity contribution is -0.134. The molecule has 0 aliphatic carbocycles. The molecule has 1 aliphatic heterocycles. The molecule has 0 bridgehead atoms. The van der Waals surface area contributed by atoms with Crippen molar-refractivity contribution in [2.75, 3.05) is 26.7 Å². The van der Waals surface area contributed by atoms with E-state index in [0.29, 0.717) is 31.2 Å². The Morgan fingerprint density at radius 1 is 1.17 bits per heavy atom. The molecule has 5 nitrogen and oxygen atoms in total. The summed E-state index contributed by atoms with van der Waals surface area (Å²) in [6.07, 6.45) is 1.35. The van der Waals surface area contributed by atoms with E-state index in [-0.39, 0.29) is 24.5 Å². The van der Waals surface area contributed by atoms with Gasteiger partial charge in [0.1, 0.15) is 5.75 Å². The van der Waals surface area contributed by atoms with Crippen LogP contribution in [0, 0.1) is 5.92 Å². The van der Waals surface area contributed by atoms with Crippen molar-refractivity contribution in [3.05, 3.63) is 65.2 Å². The van der Waals surface area contributed by atoms with E-state index in [9.17, 15) is 9.59 Å². The zero-order chi connectivity index (χ0) is 21.7. The van der Waals surface area contributed by atoms with Crippen LogP contribution in [0.25, 0.3) is 0 Å². The van der Waals surface area contributed by atoms with Crippen LogP contribution in [0.5, 0.6) is 5.75 Å². The minimum atomic E-state index is -0.140. The van der Waals surface area contributed by atoms with Gasteiger partial charge in [-0.25, -0.2) is 0 Å². The molecule has 0 fully saturated rings. The Morgan fingerprint density at radius 2 is 1.90 bits per heavy atom. The second-order valence-electron chi connectivity index (χ2n) is 8.31. The number of benzene rings is 2. The highest BCUT2D eigenvalue weighted by atomic mass is 16.5. The third-order valence-corrected chi connectivity index (χ3v) is 5.63. The maximum Gasteiger partial charge on any atom is 0.260 e. The molecule has 3 rings (SSSR count). The van der Waals surface area contributed by atoms with E-state index in [4.69, 9.17) is 4.74 Å². The molecule has 1 unspecified atom stereocenters. The van der Waals surface area contributed by atoms with E-state index in [1.165, 1.54) is 5.56 Å². The lowest BCUT2D eigenvalue weighted by Gasteiger charge is -2.38. The fourth-order valence-corrected chi connectivity index (χ4v) is 3.84. The van der Waals surface area contributed by atoms with Gasteiger partial charge in [0, 0.05) is 26.6 Å². The molecule has 2 aromatic carbocycles. The van der Waals surface area contributed by atoms with E-state index < -0.39 is 0 Å². The van der Waals surface area contributed by atoms with Gasteiger partial charge in [0.25, 0.3) is 5.91 Å². The van der Waals surface area contributed by atoms with Gasteiger partial charge in [-0.2, -0.15) is 0 Å². The lowest BCUT2D eigenvalue weighted by Crippen LogP contribution is -2.41. The molecular weight excluding hydrogens is 376 g/mol. The van der Waals surface area contributed by atoms with Crippen LogP contribution < -0.4 is 4.74 Å². The first-order valence-electron chi connectivity index (χ1n) is 10.7. The molecule has 30 heavy (non-hydrogen) atoms. The molecule has 1 aliphatic rings. The summed E-state index contributed by atoms with van der Waals surface area (Å²) in [5.41, 5.74) is 3.40. The average molecular weight is 409 g/mol. The van der Waals surface area contributed by atoms with Crippen LogP contribution in [0.4, 0.5) is 0 Å². The summed E-state index contributed by atoms with van der Waals surface area (Å²) in [4.78, 5) is 28.8. The lowest BCUT2D eigenvalue weighted by atomic mass is 9.87. The fourth-order valence-electron chi connectivity index (χ4n) is 3.84. The van der Waals surface area contributed by atoms with Crippen LogP contribution in [-0.4, -0.2) is 48.4 Å². The highest BCUT2D eigenvalue weighted by molar-refractivity contribution is 5.78. The van der Waals surface area contributed by atoms with Gasteiger partial charge in [0.2, 0.25) is 5.91 Å². The number of hydrogen-bond acceptors (Lipinski definition) is 3. The summed E-state index contributed by atoms with van der Waals surface area (Å²) in [6, 6.07) is 16.0. The number of likely N-dealkylation sites (N-methyl/N-ethyl adjacent to an activating group) is 1. The molecule has 0 spiro atoms. The average Bonchev–Trinajstić information content (AvgIpc) is 2.75. The van der Waals surface area contributed by atoms with Crippen molar-refractivity contribution in [3.8, 4) is 5.75 Å². The van der Waals surface area contributed by atoms with Gasteiger partial charge >= 0.3 is 0 Å². The van der Waals surface area contributed by atoms with Crippen LogP contribution in [0.2, 0.25) is 0 Å². The van der Waals surface area contributed by atoms with Crippen molar-refractivity contribution in [1.29, 1.82) is 0 Å². The predicted octanol–water partition coefficient (Wildman–Crippen LogP) is 4.06. The maximum atomic E-state index is 13.1. The zero-order valence-electron chi connectivity index (χ0n) is 18.4. The number of carbonyl (C=O) groups excluding carboxylic acids is 2. The van der Waals surface area contributed by atoms with Crippen LogP contribution >= 0.6 is 0 Å². The second kappa shape index (κ2) is 9.79. The minimum Gasteiger partial charge on any atom is -0.484 e. The quantitative estimate of drug-likeness (QED) is 0.694. The number of carbonyl (C=O) groups is 2. The highest BCUT2D eigenvalue weighted by Crippen LogP contribution is 2.37. The molecule has 0 saturated heterocycles. The number of rotatable bonds is 7. The number of fused-ring (bicyclic) bond motifs is 1. The molecule has 2 amide bonds. The minimum absolute atomic E-state index is 0.00905. The third-order valence-electron chi connectivity index (χ3n) is 5.63. The van der Waals surface area contributed by atoms with Crippen molar-refractivity contribution in [1.82, 2.24) is 9.80 Å². The monoisotopic (exact) mass is 408 g/mol. The van der Waals surface area contributed by atoms with Crippen LogP contribution in [0.3, 0.4) is 0 Å². The zero-order valence-corrected chi connectivity index (χ0v) is 18.4. The fraction of sp³-hybridized carbons (Fsp3) is 0.440. The Labute approximate surface area is 179 Å². The Kier molecular flexibility index (Phi) is 7.14. The van der Waals surface area contributed by atoms with E-state index in [1.807, 2.05) is 42.2 Å². The summed E-state index contributed by atoms with van der Waals surface area (Å²) in [5, 5.41) is 0. The van der Waals surface area contributed by atoms with E-state index in [2.05, 4.69) is 32.0 Å². The molecule has 2 aromatic rings. The van der Waals surface area contributed by atoms with Crippen LogP contribution in [-0.2, 0) is 16.0 Å². The topological polar surface area (TPSA) is 49.9 Å². The first-order chi connectivity index (χ1) is 14.4. The van der Waals surface area contributed by atoms with Gasteiger partial charge < -0.3 is 14.5 Å². The first kappa shape index (κ1) is 21.9. The molecule has 5 heteroatoms. The summed E-state index contributed by atoms with van der Waals surface area (Å²) < 4.78 is 5.81. The molecular formula is C25H32N2O3. The maximum absolute atomic E-state index is 13.1. The number of hydrogen-bond donors (Lipinski definition) is 0. The van der Waals surface area contributed by atoms with Crippen LogP contribution in [0.15, 0.2) is 48.5 Å². The van der Waals surface area contributed by atoms with Gasteiger partial charge in [-0.3, -0.25) is 9.59 Å². The first-order valence-corrected chi connectivity index (χ1v) is 10.7.